The Bertz CT molecular complexity index is 661. The van der Waals surface area contributed by atoms with Crippen LogP contribution in [0.5, 0.6) is 0 Å². The van der Waals surface area contributed by atoms with Gasteiger partial charge in [-0.15, -0.1) is 11.3 Å². The Hall–Kier alpha value is -1.71. The van der Waals surface area contributed by atoms with Crippen LogP contribution in [0.25, 0.3) is 10.1 Å². The van der Waals surface area contributed by atoms with Gasteiger partial charge < -0.3 is 5.32 Å². The maximum absolute atomic E-state index is 4.38. The number of thiophene rings is 1. The Kier molecular flexibility index (Phi) is 3.58. The van der Waals surface area contributed by atoms with Crippen LogP contribution in [0.2, 0.25) is 0 Å². The molecule has 2 nitrogen and oxygen atoms in total. The van der Waals surface area contributed by atoms with Crippen molar-refractivity contribution in [3.8, 4) is 0 Å². The summed E-state index contributed by atoms with van der Waals surface area (Å²) >= 11 is 1.81. The number of hydrogen-bond acceptors (Lipinski definition) is 3. The molecule has 0 radical (unpaired) electrons. The molecule has 1 N–H and O–H groups in total. The fourth-order valence-electron chi connectivity index (χ4n) is 2.17. The summed E-state index contributed by atoms with van der Waals surface area (Å²) in [5, 5.41) is 7.13. The molecule has 19 heavy (non-hydrogen) atoms. The van der Waals surface area contributed by atoms with Gasteiger partial charge in [0.2, 0.25) is 0 Å². The third-order valence-electron chi connectivity index (χ3n) is 3.29. The van der Waals surface area contributed by atoms with E-state index in [1.165, 1.54) is 15.6 Å². The highest BCUT2D eigenvalue weighted by atomic mass is 32.1. The Balaban J connectivity index is 1.73. The molecule has 3 aromatic rings. The second kappa shape index (κ2) is 5.51. The topological polar surface area (TPSA) is 24.9 Å². The quantitative estimate of drug-likeness (QED) is 0.769. The van der Waals surface area contributed by atoms with Gasteiger partial charge in [-0.25, -0.2) is 0 Å². The molecule has 0 unspecified atom stereocenters. The third-order valence-corrected chi connectivity index (χ3v) is 4.30. The summed E-state index contributed by atoms with van der Waals surface area (Å²) in [6.07, 6.45) is 1.84. The Morgan fingerprint density at radius 1 is 1.16 bits per heavy atom. The van der Waals surface area contributed by atoms with Gasteiger partial charge in [0.05, 0.1) is 5.69 Å². The average Bonchev–Trinajstić information content (AvgIpc) is 2.89. The lowest BCUT2D eigenvalue weighted by molar-refractivity contribution is 0.563. The normalized spacial score (nSPS) is 12.7. The molecule has 3 heteroatoms. The van der Waals surface area contributed by atoms with E-state index < -0.39 is 0 Å². The summed E-state index contributed by atoms with van der Waals surface area (Å²) in [5.41, 5.74) is 2.45. The van der Waals surface area contributed by atoms with Crippen molar-refractivity contribution in [1.29, 1.82) is 0 Å². The average molecular weight is 268 g/mol. The van der Waals surface area contributed by atoms with Crippen LogP contribution in [0.3, 0.4) is 0 Å². The summed E-state index contributed by atoms with van der Waals surface area (Å²) in [6, 6.07) is 14.8. The van der Waals surface area contributed by atoms with E-state index in [4.69, 9.17) is 0 Å². The van der Waals surface area contributed by atoms with E-state index in [0.717, 1.165) is 12.2 Å². The van der Waals surface area contributed by atoms with Gasteiger partial charge in [0.1, 0.15) is 0 Å². The zero-order chi connectivity index (χ0) is 13.1. The Morgan fingerprint density at radius 3 is 2.84 bits per heavy atom. The van der Waals surface area contributed by atoms with Gasteiger partial charge in [-0.2, -0.15) is 0 Å². The lowest BCUT2D eigenvalue weighted by Gasteiger charge is -2.12. The zero-order valence-electron chi connectivity index (χ0n) is 10.8. The molecule has 0 saturated heterocycles. The van der Waals surface area contributed by atoms with Crippen LogP contribution < -0.4 is 5.32 Å². The maximum atomic E-state index is 4.38. The summed E-state index contributed by atoms with van der Waals surface area (Å²) in [7, 11) is 0. The predicted molar refractivity (Wildman–Crippen MR) is 81.3 cm³/mol. The van der Waals surface area contributed by atoms with Crippen LogP contribution in [0, 0.1) is 0 Å². The summed E-state index contributed by atoms with van der Waals surface area (Å²) < 4.78 is 1.35. The number of hydrogen-bond donors (Lipinski definition) is 1. The molecular weight excluding hydrogens is 252 g/mol. The number of nitrogens with one attached hydrogen (secondary N) is 1. The maximum Gasteiger partial charge on any atom is 0.0570 e. The predicted octanol–water partition coefficient (Wildman–Crippen LogP) is 4.15. The van der Waals surface area contributed by atoms with Gasteiger partial charge in [-0.05, 0) is 41.5 Å². The van der Waals surface area contributed by atoms with Crippen molar-refractivity contribution in [3.05, 3.63) is 65.3 Å². The first-order valence-corrected chi connectivity index (χ1v) is 7.32. The highest BCUT2D eigenvalue weighted by molar-refractivity contribution is 7.17. The van der Waals surface area contributed by atoms with Gasteiger partial charge in [-0.1, -0.05) is 24.3 Å². The highest BCUT2D eigenvalue weighted by Gasteiger charge is 2.07. The van der Waals surface area contributed by atoms with Gasteiger partial charge in [0.25, 0.3) is 0 Å². The van der Waals surface area contributed by atoms with Crippen molar-refractivity contribution in [2.24, 2.45) is 0 Å². The SMILES string of the molecule is C[C@H](NCc1csc2ccccc12)c1ccccn1. The largest absolute Gasteiger partial charge is 0.305 e. The first-order valence-electron chi connectivity index (χ1n) is 6.44. The van der Waals surface area contributed by atoms with Crippen LogP contribution in [-0.2, 0) is 6.54 Å². The molecule has 2 heterocycles. The number of aromatic nitrogens is 1. The van der Waals surface area contributed by atoms with Crippen molar-refractivity contribution < 1.29 is 0 Å². The first-order chi connectivity index (χ1) is 9.34. The molecule has 0 aliphatic carbocycles. The van der Waals surface area contributed by atoms with Crippen molar-refractivity contribution >= 4 is 21.4 Å². The number of rotatable bonds is 4. The number of benzene rings is 1. The molecule has 0 aliphatic heterocycles. The van der Waals surface area contributed by atoms with Crippen molar-refractivity contribution in [1.82, 2.24) is 10.3 Å². The minimum atomic E-state index is 0.264. The van der Waals surface area contributed by atoms with Crippen LogP contribution in [-0.4, -0.2) is 4.98 Å². The fourth-order valence-corrected chi connectivity index (χ4v) is 3.13. The van der Waals surface area contributed by atoms with E-state index in [2.05, 4.69) is 52.9 Å². The minimum absolute atomic E-state index is 0.264. The number of fused-ring (bicyclic) bond motifs is 1. The second-order valence-corrected chi connectivity index (χ2v) is 5.53. The molecule has 0 saturated carbocycles. The summed E-state index contributed by atoms with van der Waals surface area (Å²) in [5.74, 6) is 0. The standard InChI is InChI=1S/C16H16N2S/c1-12(15-7-4-5-9-17-15)18-10-13-11-19-16-8-3-2-6-14(13)16/h2-9,11-12,18H,10H2,1H3/t12-/m0/s1. The van der Waals surface area contributed by atoms with E-state index in [-0.39, 0.29) is 6.04 Å². The molecule has 1 atom stereocenters. The lowest BCUT2D eigenvalue weighted by Crippen LogP contribution is -2.18. The molecule has 1 aromatic carbocycles. The van der Waals surface area contributed by atoms with Gasteiger partial charge in [0.15, 0.2) is 0 Å². The summed E-state index contributed by atoms with van der Waals surface area (Å²) in [6.45, 7) is 3.03. The van der Waals surface area contributed by atoms with Crippen LogP contribution in [0.15, 0.2) is 54.0 Å². The molecule has 0 fully saturated rings. The number of pyridine rings is 1. The van der Waals surface area contributed by atoms with Crippen molar-refractivity contribution in [2.75, 3.05) is 0 Å². The molecule has 0 amide bonds. The van der Waals surface area contributed by atoms with Gasteiger partial charge >= 0.3 is 0 Å². The van der Waals surface area contributed by atoms with E-state index in [0.29, 0.717) is 0 Å². The van der Waals surface area contributed by atoms with Crippen LogP contribution in [0.4, 0.5) is 0 Å². The molecular formula is C16H16N2S. The molecule has 0 bridgehead atoms. The van der Waals surface area contributed by atoms with Crippen molar-refractivity contribution in [3.63, 3.8) is 0 Å². The smallest absolute Gasteiger partial charge is 0.0570 e. The van der Waals surface area contributed by atoms with Gasteiger partial charge in [0, 0.05) is 23.5 Å². The Morgan fingerprint density at radius 2 is 2.00 bits per heavy atom. The van der Waals surface area contributed by atoms with E-state index in [9.17, 15) is 0 Å². The van der Waals surface area contributed by atoms with E-state index in [1.807, 2.05) is 18.3 Å². The monoisotopic (exact) mass is 268 g/mol. The van der Waals surface area contributed by atoms with Crippen LogP contribution in [0.1, 0.15) is 24.2 Å². The Labute approximate surface area is 117 Å². The highest BCUT2D eigenvalue weighted by Crippen LogP contribution is 2.25. The molecule has 0 spiro atoms. The van der Waals surface area contributed by atoms with E-state index >= 15 is 0 Å². The third kappa shape index (κ3) is 2.67. The molecule has 0 aliphatic rings. The molecule has 2 aromatic heterocycles. The molecule has 3 rings (SSSR count). The number of nitrogens with zero attached hydrogens (tertiary/aromatic N) is 1. The fraction of sp³-hybridized carbons (Fsp3) is 0.188. The molecule has 96 valence electrons. The first kappa shape index (κ1) is 12.3. The van der Waals surface area contributed by atoms with Crippen LogP contribution >= 0.6 is 11.3 Å². The summed E-state index contributed by atoms with van der Waals surface area (Å²) in [4.78, 5) is 4.38. The van der Waals surface area contributed by atoms with Crippen molar-refractivity contribution in [2.45, 2.75) is 19.5 Å². The second-order valence-electron chi connectivity index (χ2n) is 4.61. The zero-order valence-corrected chi connectivity index (χ0v) is 11.7. The van der Waals surface area contributed by atoms with Gasteiger partial charge in [-0.3, -0.25) is 4.98 Å². The van der Waals surface area contributed by atoms with E-state index in [1.54, 1.807) is 11.3 Å². The minimum Gasteiger partial charge on any atom is -0.305 e. The lowest BCUT2D eigenvalue weighted by atomic mass is 10.1.